The second kappa shape index (κ2) is 3.27. The van der Waals surface area contributed by atoms with Crippen LogP contribution in [0.25, 0.3) is 0 Å². The maximum atomic E-state index is 11.3. The van der Waals surface area contributed by atoms with Gasteiger partial charge in [0, 0.05) is 13.0 Å². The first-order chi connectivity index (χ1) is 5.64. The zero-order valence-electron chi connectivity index (χ0n) is 7.42. The highest BCUT2D eigenvalue weighted by molar-refractivity contribution is 5.79. The van der Waals surface area contributed by atoms with Gasteiger partial charge in [-0.2, -0.15) is 0 Å². The summed E-state index contributed by atoms with van der Waals surface area (Å²) in [6.45, 7) is 6.06. The van der Waals surface area contributed by atoms with E-state index in [-0.39, 0.29) is 18.1 Å². The monoisotopic (exact) mass is 169 g/mol. The summed E-state index contributed by atoms with van der Waals surface area (Å²) in [5.41, 5.74) is -0.356. The van der Waals surface area contributed by atoms with Gasteiger partial charge in [0.2, 0.25) is 5.91 Å². The summed E-state index contributed by atoms with van der Waals surface area (Å²) in [6.07, 6.45) is 2.98. The van der Waals surface area contributed by atoms with Crippen LogP contribution in [0.4, 0.5) is 0 Å². The minimum Gasteiger partial charge on any atom is -0.394 e. The van der Waals surface area contributed by atoms with Gasteiger partial charge in [-0.1, -0.05) is 6.08 Å². The van der Waals surface area contributed by atoms with Gasteiger partial charge >= 0.3 is 0 Å². The molecule has 1 amide bonds. The Balaban J connectivity index is 2.76. The molecule has 1 atom stereocenters. The first-order valence-corrected chi connectivity index (χ1v) is 4.16. The number of nitrogens with zero attached hydrogens (tertiary/aromatic N) is 1. The Morgan fingerprint density at radius 2 is 2.50 bits per heavy atom. The highest BCUT2D eigenvalue weighted by atomic mass is 16.3. The Hall–Kier alpha value is -0.830. The number of hydrogen-bond acceptors (Lipinski definition) is 2. The number of amides is 1. The fourth-order valence-electron chi connectivity index (χ4n) is 1.56. The second-order valence-corrected chi connectivity index (χ2v) is 3.45. The number of aliphatic hydroxyl groups is 1. The molecule has 0 bridgehead atoms. The van der Waals surface area contributed by atoms with Crippen LogP contribution in [0.5, 0.6) is 0 Å². The van der Waals surface area contributed by atoms with Gasteiger partial charge < -0.3 is 10.0 Å². The van der Waals surface area contributed by atoms with Crippen molar-refractivity contribution in [2.24, 2.45) is 0 Å². The van der Waals surface area contributed by atoms with Crippen LogP contribution in [-0.2, 0) is 4.79 Å². The molecule has 0 aliphatic carbocycles. The van der Waals surface area contributed by atoms with E-state index in [9.17, 15) is 4.79 Å². The Morgan fingerprint density at radius 1 is 1.83 bits per heavy atom. The van der Waals surface area contributed by atoms with Gasteiger partial charge in [0.1, 0.15) is 0 Å². The van der Waals surface area contributed by atoms with Crippen LogP contribution in [0.1, 0.15) is 19.8 Å². The highest BCUT2D eigenvalue weighted by Crippen LogP contribution is 2.28. The van der Waals surface area contributed by atoms with Crippen molar-refractivity contribution in [1.29, 1.82) is 0 Å². The van der Waals surface area contributed by atoms with Crippen LogP contribution >= 0.6 is 0 Å². The molecule has 3 heteroatoms. The molecule has 0 spiro atoms. The molecule has 0 saturated carbocycles. The number of aliphatic hydroxyl groups excluding tert-OH is 1. The molecular formula is C9H15NO2. The SMILES string of the molecule is C=CCN1C(=O)CCC1(C)CO. The number of hydrogen-bond donors (Lipinski definition) is 1. The Kier molecular flexibility index (Phi) is 2.52. The van der Waals surface area contributed by atoms with Crippen LogP contribution in [-0.4, -0.2) is 34.6 Å². The van der Waals surface area contributed by atoms with Gasteiger partial charge in [-0.05, 0) is 13.3 Å². The summed E-state index contributed by atoms with van der Waals surface area (Å²) in [5, 5.41) is 9.11. The van der Waals surface area contributed by atoms with Crippen LogP contribution in [0.3, 0.4) is 0 Å². The number of likely N-dealkylation sites (tertiary alicyclic amines) is 1. The fourth-order valence-corrected chi connectivity index (χ4v) is 1.56. The zero-order chi connectivity index (χ0) is 9.19. The van der Waals surface area contributed by atoms with Crippen LogP contribution in [0.15, 0.2) is 12.7 Å². The molecule has 12 heavy (non-hydrogen) atoms. The van der Waals surface area contributed by atoms with Crippen molar-refractivity contribution in [3.63, 3.8) is 0 Å². The molecule has 1 heterocycles. The van der Waals surface area contributed by atoms with E-state index in [2.05, 4.69) is 6.58 Å². The number of rotatable bonds is 3. The molecule has 1 N–H and O–H groups in total. The van der Waals surface area contributed by atoms with E-state index in [0.717, 1.165) is 6.42 Å². The van der Waals surface area contributed by atoms with E-state index in [4.69, 9.17) is 5.11 Å². The van der Waals surface area contributed by atoms with E-state index < -0.39 is 0 Å². The molecule has 1 aliphatic heterocycles. The van der Waals surface area contributed by atoms with Crippen molar-refractivity contribution in [1.82, 2.24) is 4.90 Å². The van der Waals surface area contributed by atoms with E-state index in [1.54, 1.807) is 11.0 Å². The van der Waals surface area contributed by atoms with Crippen LogP contribution in [0, 0.1) is 0 Å². The zero-order valence-corrected chi connectivity index (χ0v) is 7.42. The molecule has 0 aromatic rings. The van der Waals surface area contributed by atoms with Gasteiger partial charge in [0.05, 0.1) is 12.1 Å². The van der Waals surface area contributed by atoms with Gasteiger partial charge in [0.25, 0.3) is 0 Å². The second-order valence-electron chi connectivity index (χ2n) is 3.45. The predicted octanol–water partition coefficient (Wildman–Crippen LogP) is 0.546. The van der Waals surface area contributed by atoms with Crippen molar-refractivity contribution < 1.29 is 9.90 Å². The summed E-state index contributed by atoms with van der Waals surface area (Å²) < 4.78 is 0. The van der Waals surface area contributed by atoms with Crippen molar-refractivity contribution in [2.45, 2.75) is 25.3 Å². The van der Waals surface area contributed by atoms with Crippen LogP contribution < -0.4 is 0 Å². The summed E-state index contributed by atoms with van der Waals surface area (Å²) in [7, 11) is 0. The summed E-state index contributed by atoms with van der Waals surface area (Å²) in [6, 6.07) is 0. The first-order valence-electron chi connectivity index (χ1n) is 4.16. The Morgan fingerprint density at radius 3 is 3.00 bits per heavy atom. The lowest BCUT2D eigenvalue weighted by molar-refractivity contribution is -0.131. The quantitative estimate of drug-likeness (QED) is 0.627. The minimum absolute atomic E-state index is 0.0343. The Labute approximate surface area is 72.7 Å². The van der Waals surface area contributed by atoms with E-state index in [1.807, 2.05) is 6.92 Å². The Bertz CT molecular complexity index is 203. The van der Waals surface area contributed by atoms with Gasteiger partial charge in [-0.15, -0.1) is 6.58 Å². The molecule has 0 aromatic heterocycles. The standard InChI is InChI=1S/C9H15NO2/c1-3-6-10-8(12)4-5-9(10,2)7-11/h3,11H,1,4-7H2,2H3. The summed E-state index contributed by atoms with van der Waals surface area (Å²) in [5.74, 6) is 0.117. The highest BCUT2D eigenvalue weighted by Gasteiger charge is 2.39. The predicted molar refractivity (Wildman–Crippen MR) is 46.6 cm³/mol. The third-order valence-electron chi connectivity index (χ3n) is 2.48. The molecule has 1 aliphatic rings. The molecule has 1 saturated heterocycles. The largest absolute Gasteiger partial charge is 0.394 e. The molecule has 0 aromatic carbocycles. The molecule has 1 rings (SSSR count). The van der Waals surface area contributed by atoms with E-state index in [0.29, 0.717) is 13.0 Å². The van der Waals surface area contributed by atoms with Crippen molar-refractivity contribution in [3.05, 3.63) is 12.7 Å². The van der Waals surface area contributed by atoms with Crippen LogP contribution in [0.2, 0.25) is 0 Å². The van der Waals surface area contributed by atoms with Gasteiger partial charge in [0.15, 0.2) is 0 Å². The maximum Gasteiger partial charge on any atom is 0.223 e. The van der Waals surface area contributed by atoms with Crippen molar-refractivity contribution in [2.75, 3.05) is 13.2 Å². The smallest absolute Gasteiger partial charge is 0.223 e. The summed E-state index contributed by atoms with van der Waals surface area (Å²) in [4.78, 5) is 13.0. The molecule has 1 fully saturated rings. The number of carbonyl (C=O) groups excluding carboxylic acids is 1. The molecule has 68 valence electrons. The lowest BCUT2D eigenvalue weighted by atomic mass is 10.0. The summed E-state index contributed by atoms with van der Waals surface area (Å²) >= 11 is 0. The number of carbonyl (C=O) groups is 1. The topological polar surface area (TPSA) is 40.5 Å². The molecule has 1 unspecified atom stereocenters. The van der Waals surface area contributed by atoms with Crippen molar-refractivity contribution >= 4 is 5.91 Å². The average molecular weight is 169 g/mol. The van der Waals surface area contributed by atoms with Gasteiger partial charge in [-0.25, -0.2) is 0 Å². The van der Waals surface area contributed by atoms with E-state index >= 15 is 0 Å². The fraction of sp³-hybridized carbons (Fsp3) is 0.667. The third kappa shape index (κ3) is 1.37. The van der Waals surface area contributed by atoms with Crippen molar-refractivity contribution in [3.8, 4) is 0 Å². The molecule has 0 radical (unpaired) electrons. The molecule has 3 nitrogen and oxygen atoms in total. The molecular weight excluding hydrogens is 154 g/mol. The van der Waals surface area contributed by atoms with Gasteiger partial charge in [-0.3, -0.25) is 4.79 Å². The lowest BCUT2D eigenvalue weighted by Gasteiger charge is -2.32. The third-order valence-corrected chi connectivity index (χ3v) is 2.48. The average Bonchev–Trinajstić information content (AvgIpc) is 2.34. The lowest BCUT2D eigenvalue weighted by Crippen LogP contribution is -2.46. The van der Waals surface area contributed by atoms with E-state index in [1.165, 1.54) is 0 Å². The maximum absolute atomic E-state index is 11.3. The normalized spacial score (nSPS) is 29.5. The minimum atomic E-state index is -0.356. The first kappa shape index (κ1) is 9.26.